The summed E-state index contributed by atoms with van der Waals surface area (Å²) in [6, 6.07) is 12.8. The fourth-order valence-corrected chi connectivity index (χ4v) is 2.45. The zero-order valence-electron chi connectivity index (χ0n) is 12.8. The summed E-state index contributed by atoms with van der Waals surface area (Å²) in [5, 5.41) is 3.12. The molecule has 2 aromatic heterocycles. The number of nitrogens with zero attached hydrogens (tertiary/aromatic N) is 2. The van der Waals surface area contributed by atoms with Crippen LogP contribution in [0.1, 0.15) is 10.6 Å². The van der Waals surface area contributed by atoms with Crippen LogP contribution in [0.5, 0.6) is 0 Å². The molecule has 3 aromatic rings. The topological polar surface area (TPSA) is 72.7 Å². The molecule has 0 aliphatic carbocycles. The van der Waals surface area contributed by atoms with E-state index in [2.05, 4.69) is 15.0 Å². The summed E-state index contributed by atoms with van der Waals surface area (Å²) in [5.41, 5.74) is 2.29. The van der Waals surface area contributed by atoms with E-state index in [1.54, 1.807) is 28.8 Å². The number of carbonyl (C=O) groups excluding carboxylic acids is 2. The number of hydrogen-bond donors (Lipinski definition) is 1. The van der Waals surface area contributed by atoms with Gasteiger partial charge in [-0.15, -0.1) is 0 Å². The number of methoxy groups -OCH3 is 1. The van der Waals surface area contributed by atoms with Crippen LogP contribution in [-0.2, 0) is 9.53 Å². The molecule has 6 nitrogen and oxygen atoms in total. The Morgan fingerprint density at radius 3 is 2.67 bits per heavy atom. The number of aromatic nitrogens is 2. The quantitative estimate of drug-likeness (QED) is 0.739. The molecule has 0 saturated heterocycles. The van der Waals surface area contributed by atoms with Crippen molar-refractivity contribution in [3.63, 3.8) is 0 Å². The lowest BCUT2D eigenvalue weighted by Gasteiger charge is -2.02. The average molecular weight is 344 g/mol. The lowest BCUT2D eigenvalue weighted by Crippen LogP contribution is -2.31. The maximum atomic E-state index is 12.4. The van der Waals surface area contributed by atoms with Crippen molar-refractivity contribution >= 4 is 29.0 Å². The fraction of sp³-hybridized carbons (Fsp3) is 0.118. The van der Waals surface area contributed by atoms with E-state index in [-0.39, 0.29) is 12.4 Å². The van der Waals surface area contributed by atoms with Crippen LogP contribution >= 0.6 is 11.6 Å². The largest absolute Gasteiger partial charge is 0.468 e. The van der Waals surface area contributed by atoms with Crippen LogP contribution in [0.25, 0.3) is 16.8 Å². The lowest BCUT2D eigenvalue weighted by molar-refractivity contribution is -0.139. The summed E-state index contributed by atoms with van der Waals surface area (Å²) in [6.07, 6.45) is 1.74. The van der Waals surface area contributed by atoms with Crippen molar-refractivity contribution in [2.45, 2.75) is 0 Å². The van der Waals surface area contributed by atoms with Crippen molar-refractivity contribution in [3.8, 4) is 11.3 Å². The normalized spacial score (nSPS) is 10.6. The van der Waals surface area contributed by atoms with E-state index in [9.17, 15) is 9.59 Å². The van der Waals surface area contributed by atoms with E-state index in [0.717, 1.165) is 11.1 Å². The summed E-state index contributed by atoms with van der Waals surface area (Å²) in [6.45, 7) is -0.215. The van der Waals surface area contributed by atoms with E-state index >= 15 is 0 Å². The highest BCUT2D eigenvalue weighted by atomic mass is 35.5. The van der Waals surface area contributed by atoms with Gasteiger partial charge >= 0.3 is 5.97 Å². The van der Waals surface area contributed by atoms with Crippen LogP contribution < -0.4 is 5.32 Å². The van der Waals surface area contributed by atoms with E-state index < -0.39 is 11.9 Å². The number of rotatable bonds is 4. The molecule has 3 rings (SSSR count). The molecular formula is C17H14ClN3O3. The Bertz CT molecular complexity index is 903. The van der Waals surface area contributed by atoms with Gasteiger partial charge in [0.05, 0.1) is 18.3 Å². The number of hydrogen-bond acceptors (Lipinski definition) is 4. The van der Waals surface area contributed by atoms with Gasteiger partial charge in [0, 0.05) is 16.8 Å². The molecule has 0 unspecified atom stereocenters. The third-order valence-corrected chi connectivity index (χ3v) is 3.74. The molecule has 0 radical (unpaired) electrons. The molecule has 0 atom stereocenters. The number of ether oxygens (including phenoxy) is 1. The molecule has 0 fully saturated rings. The third kappa shape index (κ3) is 3.09. The van der Waals surface area contributed by atoms with E-state index in [1.807, 2.05) is 24.3 Å². The second kappa shape index (κ2) is 6.72. The van der Waals surface area contributed by atoms with Gasteiger partial charge in [-0.3, -0.25) is 14.0 Å². The summed E-state index contributed by atoms with van der Waals surface area (Å²) >= 11 is 5.92. The van der Waals surface area contributed by atoms with Crippen LogP contribution in [0.3, 0.4) is 0 Å². The van der Waals surface area contributed by atoms with Crippen molar-refractivity contribution in [2.75, 3.05) is 13.7 Å². The Balaban J connectivity index is 2.02. The van der Waals surface area contributed by atoms with Gasteiger partial charge in [0.1, 0.15) is 6.54 Å². The first-order valence-corrected chi connectivity index (χ1v) is 7.56. The zero-order chi connectivity index (χ0) is 17.1. The van der Waals surface area contributed by atoms with Gasteiger partial charge < -0.3 is 10.1 Å². The molecule has 0 bridgehead atoms. The molecule has 2 heterocycles. The van der Waals surface area contributed by atoms with Crippen LogP contribution in [0.15, 0.2) is 48.7 Å². The van der Waals surface area contributed by atoms with Crippen LogP contribution in [0.4, 0.5) is 0 Å². The van der Waals surface area contributed by atoms with Crippen LogP contribution in [0, 0.1) is 0 Å². The van der Waals surface area contributed by atoms with Gasteiger partial charge in [0.15, 0.2) is 0 Å². The summed E-state index contributed by atoms with van der Waals surface area (Å²) in [5.74, 6) is -0.789. The van der Waals surface area contributed by atoms with Gasteiger partial charge in [-0.25, -0.2) is 4.98 Å². The first-order chi connectivity index (χ1) is 11.6. The Kier molecular flexibility index (Phi) is 4.48. The molecule has 7 heteroatoms. The zero-order valence-corrected chi connectivity index (χ0v) is 13.6. The highest BCUT2D eigenvalue weighted by Gasteiger charge is 2.18. The van der Waals surface area contributed by atoms with Crippen LogP contribution in [-0.4, -0.2) is 34.9 Å². The highest BCUT2D eigenvalue weighted by molar-refractivity contribution is 6.30. The molecule has 0 saturated carbocycles. The number of esters is 1. The number of halogens is 1. The molecule has 0 aliphatic rings. The van der Waals surface area contributed by atoms with Gasteiger partial charge in [-0.1, -0.05) is 29.8 Å². The van der Waals surface area contributed by atoms with Crippen molar-refractivity contribution < 1.29 is 14.3 Å². The minimum atomic E-state index is -0.526. The fourth-order valence-electron chi connectivity index (χ4n) is 2.32. The number of nitrogens with one attached hydrogen (secondary N) is 1. The van der Waals surface area contributed by atoms with Crippen LogP contribution in [0.2, 0.25) is 5.02 Å². The highest BCUT2D eigenvalue weighted by Crippen LogP contribution is 2.26. The first kappa shape index (κ1) is 16.0. The number of amides is 1. The molecule has 0 aliphatic heterocycles. The van der Waals surface area contributed by atoms with Gasteiger partial charge in [0.2, 0.25) is 5.82 Å². The molecule has 1 amide bonds. The number of pyridine rings is 1. The number of fused-ring (bicyclic) bond motifs is 1. The molecule has 24 heavy (non-hydrogen) atoms. The minimum absolute atomic E-state index is 0.194. The maximum absolute atomic E-state index is 12.4. The van der Waals surface area contributed by atoms with Gasteiger partial charge in [0.25, 0.3) is 5.91 Å². The predicted molar refractivity (Wildman–Crippen MR) is 90.0 cm³/mol. The molecule has 122 valence electrons. The first-order valence-electron chi connectivity index (χ1n) is 7.18. The molecule has 1 N–H and O–H groups in total. The van der Waals surface area contributed by atoms with E-state index in [4.69, 9.17) is 11.6 Å². The summed E-state index contributed by atoms with van der Waals surface area (Å²) in [4.78, 5) is 28.0. The van der Waals surface area contributed by atoms with E-state index in [0.29, 0.717) is 10.7 Å². The van der Waals surface area contributed by atoms with Crippen molar-refractivity contribution in [2.24, 2.45) is 0 Å². The Labute approximate surface area is 143 Å². The maximum Gasteiger partial charge on any atom is 0.325 e. The molecule has 1 aromatic carbocycles. The smallest absolute Gasteiger partial charge is 0.325 e. The second-order valence-electron chi connectivity index (χ2n) is 5.01. The third-order valence-electron chi connectivity index (χ3n) is 3.49. The second-order valence-corrected chi connectivity index (χ2v) is 5.44. The molecular weight excluding hydrogens is 330 g/mol. The summed E-state index contributed by atoms with van der Waals surface area (Å²) in [7, 11) is 1.26. The van der Waals surface area contributed by atoms with Gasteiger partial charge in [-0.05, 0) is 24.3 Å². The van der Waals surface area contributed by atoms with Crippen molar-refractivity contribution in [1.82, 2.24) is 14.7 Å². The minimum Gasteiger partial charge on any atom is -0.468 e. The Morgan fingerprint density at radius 2 is 1.96 bits per heavy atom. The summed E-state index contributed by atoms with van der Waals surface area (Å²) < 4.78 is 6.19. The Hall–Kier alpha value is -2.86. The standard InChI is InChI=1S/C17H14ClN3O3/c1-24-14(22)10-19-17(23)16-20-15(11-5-7-12(18)8-6-11)13-4-2-3-9-21(13)16/h2-9H,10H2,1H3,(H,19,23). The van der Waals surface area contributed by atoms with Crippen molar-refractivity contribution in [3.05, 3.63) is 59.5 Å². The Morgan fingerprint density at radius 1 is 1.21 bits per heavy atom. The molecule has 0 spiro atoms. The number of imidazole rings is 1. The van der Waals surface area contributed by atoms with E-state index in [1.165, 1.54) is 7.11 Å². The predicted octanol–water partition coefficient (Wildman–Crippen LogP) is 2.56. The monoisotopic (exact) mass is 343 g/mol. The van der Waals surface area contributed by atoms with Crippen molar-refractivity contribution in [1.29, 1.82) is 0 Å². The lowest BCUT2D eigenvalue weighted by atomic mass is 10.1. The number of benzene rings is 1. The average Bonchev–Trinajstić information content (AvgIpc) is 3.00. The SMILES string of the molecule is COC(=O)CNC(=O)c1nc(-c2ccc(Cl)cc2)c2ccccn12. The number of carbonyl (C=O) groups is 2. The van der Waals surface area contributed by atoms with Gasteiger partial charge in [-0.2, -0.15) is 0 Å².